The molecule has 0 radical (unpaired) electrons. The van der Waals surface area contributed by atoms with Crippen molar-refractivity contribution in [1.29, 1.82) is 0 Å². The minimum absolute atomic E-state index is 0.117. The van der Waals surface area contributed by atoms with E-state index in [1.165, 1.54) is 0 Å². The minimum Gasteiger partial charge on any atom is -0.411 e. The molecule has 0 aliphatic rings. The van der Waals surface area contributed by atoms with Crippen LogP contribution < -0.4 is 0 Å². The van der Waals surface area contributed by atoms with Crippen LogP contribution >= 0.6 is 0 Å². The van der Waals surface area contributed by atoms with Crippen LogP contribution in [0.25, 0.3) is 0 Å². The fraction of sp³-hybridized carbons (Fsp3) is 1.00. The van der Waals surface area contributed by atoms with Gasteiger partial charge in [-0.2, -0.15) is 0 Å². The summed E-state index contributed by atoms with van der Waals surface area (Å²) in [6.07, 6.45) is 0.415. The summed E-state index contributed by atoms with van der Waals surface area (Å²) in [6.45, 7) is 14.2. The predicted molar refractivity (Wildman–Crippen MR) is 70.1 cm³/mol. The average Bonchev–Trinajstić information content (AvgIpc) is 2.12. The molecular formula is C12H28O3Si. The van der Waals surface area contributed by atoms with Crippen molar-refractivity contribution < 1.29 is 14.6 Å². The van der Waals surface area contributed by atoms with E-state index in [1.807, 2.05) is 6.92 Å². The molecule has 0 aromatic rings. The largest absolute Gasteiger partial charge is 0.411 e. The first kappa shape index (κ1) is 16.1. The molecule has 4 heteroatoms. The maximum Gasteiger partial charge on any atom is 0.192 e. The lowest BCUT2D eigenvalue weighted by Gasteiger charge is -2.42. The average molecular weight is 248 g/mol. The van der Waals surface area contributed by atoms with Gasteiger partial charge in [-0.3, -0.25) is 0 Å². The summed E-state index contributed by atoms with van der Waals surface area (Å²) < 4.78 is 6.14. The van der Waals surface area contributed by atoms with E-state index in [9.17, 15) is 10.2 Å². The molecule has 0 spiro atoms. The minimum atomic E-state index is -1.89. The summed E-state index contributed by atoms with van der Waals surface area (Å²) in [5, 5.41) is 19.4. The van der Waals surface area contributed by atoms with Crippen LogP contribution in [0.2, 0.25) is 18.1 Å². The van der Waals surface area contributed by atoms with Gasteiger partial charge < -0.3 is 14.6 Å². The SMILES string of the molecule is CC[C@@H](O[Si](C)(C)C(C)(C)C)[C@@](C)(O)CO. The lowest BCUT2D eigenvalue weighted by atomic mass is 9.99. The van der Waals surface area contributed by atoms with Crippen LogP contribution in [-0.4, -0.2) is 36.8 Å². The molecule has 0 aliphatic carbocycles. The molecule has 0 saturated carbocycles. The maximum atomic E-state index is 10.1. The molecule has 98 valence electrons. The number of hydrogen-bond donors (Lipinski definition) is 2. The Hall–Kier alpha value is 0.0969. The summed E-state index contributed by atoms with van der Waals surface area (Å²) in [6, 6.07) is 0. The van der Waals surface area contributed by atoms with Crippen LogP contribution in [0.1, 0.15) is 41.0 Å². The highest BCUT2D eigenvalue weighted by Gasteiger charge is 2.42. The molecule has 2 atom stereocenters. The molecule has 0 rings (SSSR count). The Morgan fingerprint density at radius 2 is 1.62 bits per heavy atom. The highest BCUT2D eigenvalue weighted by molar-refractivity contribution is 6.74. The highest BCUT2D eigenvalue weighted by atomic mass is 28.4. The van der Waals surface area contributed by atoms with Crippen molar-refractivity contribution in [3.8, 4) is 0 Å². The van der Waals surface area contributed by atoms with Crippen LogP contribution in [0.4, 0.5) is 0 Å². The van der Waals surface area contributed by atoms with Crippen molar-refractivity contribution in [2.24, 2.45) is 0 Å². The molecule has 0 bridgehead atoms. The maximum absolute atomic E-state index is 10.1. The van der Waals surface area contributed by atoms with Gasteiger partial charge in [-0.15, -0.1) is 0 Å². The molecule has 0 aliphatic heterocycles. The molecule has 0 saturated heterocycles. The third-order valence-electron chi connectivity index (χ3n) is 3.63. The quantitative estimate of drug-likeness (QED) is 0.735. The molecule has 0 aromatic carbocycles. The molecule has 0 aromatic heterocycles. The third-order valence-corrected chi connectivity index (χ3v) is 8.11. The zero-order chi connectivity index (χ0) is 13.2. The van der Waals surface area contributed by atoms with Gasteiger partial charge in [0.25, 0.3) is 0 Å². The van der Waals surface area contributed by atoms with Gasteiger partial charge in [0.15, 0.2) is 8.32 Å². The van der Waals surface area contributed by atoms with E-state index in [2.05, 4.69) is 33.9 Å². The van der Waals surface area contributed by atoms with Gasteiger partial charge in [-0.05, 0) is 31.5 Å². The van der Waals surface area contributed by atoms with Gasteiger partial charge >= 0.3 is 0 Å². The van der Waals surface area contributed by atoms with E-state index in [0.717, 1.165) is 0 Å². The fourth-order valence-electron chi connectivity index (χ4n) is 1.28. The van der Waals surface area contributed by atoms with Crippen molar-refractivity contribution in [3.63, 3.8) is 0 Å². The van der Waals surface area contributed by atoms with E-state index in [0.29, 0.717) is 6.42 Å². The van der Waals surface area contributed by atoms with Gasteiger partial charge in [-0.25, -0.2) is 0 Å². The number of rotatable bonds is 5. The first-order valence-corrected chi connectivity index (χ1v) is 8.90. The Bertz CT molecular complexity index is 219. The van der Waals surface area contributed by atoms with E-state index >= 15 is 0 Å². The Kier molecular flexibility index (Phi) is 5.20. The highest BCUT2D eigenvalue weighted by Crippen LogP contribution is 2.38. The van der Waals surface area contributed by atoms with E-state index in [4.69, 9.17) is 4.43 Å². The van der Waals surface area contributed by atoms with Crippen molar-refractivity contribution >= 4 is 8.32 Å². The summed E-state index contributed by atoms with van der Waals surface area (Å²) >= 11 is 0. The number of aliphatic hydroxyl groups excluding tert-OH is 1. The second-order valence-electron chi connectivity index (χ2n) is 6.29. The van der Waals surface area contributed by atoms with Crippen molar-refractivity contribution in [1.82, 2.24) is 0 Å². The Balaban J connectivity index is 4.81. The zero-order valence-corrected chi connectivity index (χ0v) is 12.8. The second-order valence-corrected chi connectivity index (χ2v) is 11.0. The normalized spacial score (nSPS) is 19.3. The molecule has 3 nitrogen and oxygen atoms in total. The van der Waals surface area contributed by atoms with E-state index in [-0.39, 0.29) is 17.7 Å². The van der Waals surface area contributed by atoms with Crippen molar-refractivity contribution in [3.05, 3.63) is 0 Å². The second kappa shape index (κ2) is 5.17. The number of aliphatic hydroxyl groups is 2. The summed E-state index contributed by atoms with van der Waals surface area (Å²) in [4.78, 5) is 0. The van der Waals surface area contributed by atoms with Crippen LogP contribution in [0, 0.1) is 0 Å². The number of hydrogen-bond acceptors (Lipinski definition) is 3. The smallest absolute Gasteiger partial charge is 0.192 e. The lowest BCUT2D eigenvalue weighted by molar-refractivity contribution is -0.0866. The van der Waals surface area contributed by atoms with Gasteiger partial charge in [0.05, 0.1) is 12.7 Å². The van der Waals surface area contributed by atoms with Crippen LogP contribution in [0.15, 0.2) is 0 Å². The van der Waals surface area contributed by atoms with Gasteiger partial charge in [0.2, 0.25) is 0 Å². The molecule has 2 N–H and O–H groups in total. The molecule has 0 fully saturated rings. The summed E-state index contributed by atoms with van der Waals surface area (Å²) in [5.41, 5.74) is -1.15. The fourth-order valence-corrected chi connectivity index (χ4v) is 2.77. The molecular weight excluding hydrogens is 220 g/mol. The van der Waals surface area contributed by atoms with Crippen LogP contribution in [0.5, 0.6) is 0 Å². The Morgan fingerprint density at radius 1 is 1.19 bits per heavy atom. The Labute approximate surface area is 101 Å². The van der Waals surface area contributed by atoms with Gasteiger partial charge in [-0.1, -0.05) is 27.7 Å². The summed E-state index contributed by atoms with van der Waals surface area (Å²) in [7, 11) is -1.89. The molecule has 16 heavy (non-hydrogen) atoms. The molecule has 0 unspecified atom stereocenters. The topological polar surface area (TPSA) is 49.7 Å². The van der Waals surface area contributed by atoms with E-state index < -0.39 is 13.9 Å². The molecule has 0 amide bonds. The summed E-state index contributed by atoms with van der Waals surface area (Å²) in [5.74, 6) is 0. The van der Waals surface area contributed by atoms with Crippen LogP contribution in [-0.2, 0) is 4.43 Å². The Morgan fingerprint density at radius 3 is 1.88 bits per heavy atom. The monoisotopic (exact) mass is 248 g/mol. The van der Waals surface area contributed by atoms with Gasteiger partial charge in [0, 0.05) is 0 Å². The third kappa shape index (κ3) is 3.84. The zero-order valence-electron chi connectivity index (χ0n) is 11.8. The lowest BCUT2D eigenvalue weighted by Crippen LogP contribution is -2.52. The van der Waals surface area contributed by atoms with Crippen molar-refractivity contribution in [2.75, 3.05) is 6.61 Å². The van der Waals surface area contributed by atoms with Gasteiger partial charge in [0.1, 0.15) is 5.60 Å². The van der Waals surface area contributed by atoms with Crippen LogP contribution in [0.3, 0.4) is 0 Å². The standard InChI is InChI=1S/C12H28O3Si/c1-8-10(12(5,14)9-13)15-16(6,7)11(2,3)4/h10,13-14H,8-9H2,1-7H3/t10-,12+/m1/s1. The first-order valence-electron chi connectivity index (χ1n) is 5.99. The predicted octanol–water partition coefficient (Wildman–Crippen LogP) is 2.53. The van der Waals surface area contributed by atoms with E-state index in [1.54, 1.807) is 6.92 Å². The molecule has 0 heterocycles. The first-order chi connectivity index (χ1) is 6.98. The van der Waals surface area contributed by atoms with Crippen molar-refractivity contribution in [2.45, 2.75) is 70.9 Å².